The molecule has 0 radical (unpaired) electrons. The van der Waals surface area contributed by atoms with Crippen molar-refractivity contribution in [1.29, 1.82) is 0 Å². The van der Waals surface area contributed by atoms with Gasteiger partial charge in [0.25, 0.3) is 5.91 Å². The maximum absolute atomic E-state index is 12.0. The second-order valence-corrected chi connectivity index (χ2v) is 6.03. The van der Waals surface area contributed by atoms with Gasteiger partial charge in [0, 0.05) is 22.2 Å². The van der Waals surface area contributed by atoms with Crippen LogP contribution in [0.15, 0.2) is 47.9 Å². The van der Waals surface area contributed by atoms with E-state index in [2.05, 4.69) is 5.32 Å². The molecule has 2 aromatic rings. The molecule has 0 aliphatic rings. The molecule has 1 aromatic heterocycles. The van der Waals surface area contributed by atoms with Gasteiger partial charge in [0.05, 0.1) is 0 Å². The summed E-state index contributed by atoms with van der Waals surface area (Å²) in [5, 5.41) is 4.53. The van der Waals surface area contributed by atoms with Gasteiger partial charge in [-0.2, -0.15) is 0 Å². The molecular weight excluding hydrogens is 326 g/mol. The van der Waals surface area contributed by atoms with Gasteiger partial charge >= 0.3 is 5.97 Å². The Morgan fingerprint density at radius 3 is 2.46 bits per heavy atom. The third-order valence-electron chi connectivity index (χ3n) is 3.15. The normalized spacial score (nSPS) is 11.9. The fourth-order valence-corrected chi connectivity index (χ4v) is 2.45. The molecule has 1 atom stereocenters. The molecular formula is C18H17NO4S. The van der Waals surface area contributed by atoms with Crippen LogP contribution in [-0.4, -0.2) is 23.8 Å². The summed E-state index contributed by atoms with van der Waals surface area (Å²) < 4.78 is 5.06. The fourth-order valence-electron chi connectivity index (χ4n) is 1.84. The van der Waals surface area contributed by atoms with Crippen molar-refractivity contribution in [3.05, 3.63) is 58.3 Å². The Balaban J connectivity index is 1.87. The van der Waals surface area contributed by atoms with Gasteiger partial charge in [-0.05, 0) is 55.6 Å². The molecule has 0 saturated carbocycles. The summed E-state index contributed by atoms with van der Waals surface area (Å²) in [6, 6.07) is 10.2. The number of carbonyl (C=O) groups is 3. The molecule has 0 saturated heterocycles. The second kappa shape index (κ2) is 8.21. The lowest BCUT2D eigenvalue weighted by atomic mass is 10.1. The zero-order valence-corrected chi connectivity index (χ0v) is 14.1. The van der Waals surface area contributed by atoms with Crippen LogP contribution in [-0.2, 0) is 14.3 Å². The van der Waals surface area contributed by atoms with E-state index in [0.29, 0.717) is 11.3 Å². The van der Waals surface area contributed by atoms with E-state index >= 15 is 0 Å². The van der Waals surface area contributed by atoms with Crippen LogP contribution < -0.4 is 5.32 Å². The number of benzene rings is 1. The number of thiophene rings is 1. The fraction of sp³-hybridized carbons (Fsp3) is 0.167. The highest BCUT2D eigenvalue weighted by Crippen LogP contribution is 2.12. The highest BCUT2D eigenvalue weighted by Gasteiger charge is 2.16. The standard InChI is InChI=1S/C18H17NO4S/c1-12(20)14-5-7-15(8-6-14)19-18(22)13(2)23-17(21)10-9-16-4-3-11-24-16/h3-11,13H,1-2H3,(H,19,22)/b10-9+/t13-/m1/s1. The van der Waals surface area contributed by atoms with Crippen molar-refractivity contribution in [2.24, 2.45) is 0 Å². The smallest absolute Gasteiger partial charge is 0.331 e. The van der Waals surface area contributed by atoms with Crippen LogP contribution in [0.5, 0.6) is 0 Å². The van der Waals surface area contributed by atoms with E-state index in [0.717, 1.165) is 4.88 Å². The molecule has 1 N–H and O–H groups in total. The SMILES string of the molecule is CC(=O)c1ccc(NC(=O)[C@@H](C)OC(=O)/C=C/c2cccs2)cc1. The van der Waals surface area contributed by atoms with E-state index in [1.54, 1.807) is 30.3 Å². The zero-order valence-electron chi connectivity index (χ0n) is 13.3. The Morgan fingerprint density at radius 2 is 1.88 bits per heavy atom. The van der Waals surface area contributed by atoms with Gasteiger partial charge in [0.2, 0.25) is 0 Å². The average molecular weight is 343 g/mol. The molecule has 0 aliphatic carbocycles. The lowest BCUT2D eigenvalue weighted by molar-refractivity contribution is -0.148. The van der Waals surface area contributed by atoms with Crippen molar-refractivity contribution in [2.75, 3.05) is 5.32 Å². The van der Waals surface area contributed by atoms with Crippen molar-refractivity contribution in [1.82, 2.24) is 0 Å². The largest absolute Gasteiger partial charge is 0.449 e. The molecule has 0 bridgehead atoms. The average Bonchev–Trinajstić information content (AvgIpc) is 3.06. The van der Waals surface area contributed by atoms with Crippen LogP contribution in [0.2, 0.25) is 0 Å². The van der Waals surface area contributed by atoms with Crippen LogP contribution in [0.25, 0.3) is 6.08 Å². The molecule has 1 amide bonds. The first-order chi connectivity index (χ1) is 11.5. The van der Waals surface area contributed by atoms with E-state index in [9.17, 15) is 14.4 Å². The predicted octanol–water partition coefficient (Wildman–Crippen LogP) is 3.53. The second-order valence-electron chi connectivity index (χ2n) is 5.05. The lowest BCUT2D eigenvalue weighted by Crippen LogP contribution is -2.29. The molecule has 1 heterocycles. The minimum atomic E-state index is -0.932. The highest BCUT2D eigenvalue weighted by atomic mass is 32.1. The Hall–Kier alpha value is -2.73. The van der Waals surface area contributed by atoms with Gasteiger partial charge in [0.1, 0.15) is 0 Å². The van der Waals surface area contributed by atoms with E-state index in [-0.39, 0.29) is 5.78 Å². The van der Waals surface area contributed by atoms with Crippen molar-refractivity contribution in [3.8, 4) is 0 Å². The molecule has 2 rings (SSSR count). The van der Waals surface area contributed by atoms with Gasteiger partial charge in [0.15, 0.2) is 11.9 Å². The quantitative estimate of drug-likeness (QED) is 0.495. The van der Waals surface area contributed by atoms with Crippen molar-refractivity contribution < 1.29 is 19.1 Å². The summed E-state index contributed by atoms with van der Waals surface area (Å²) in [5.74, 6) is -1.07. The molecule has 0 spiro atoms. The number of amides is 1. The summed E-state index contributed by atoms with van der Waals surface area (Å²) in [7, 11) is 0. The number of esters is 1. The van der Waals surface area contributed by atoms with Crippen LogP contribution in [0, 0.1) is 0 Å². The van der Waals surface area contributed by atoms with Crippen molar-refractivity contribution in [3.63, 3.8) is 0 Å². The third kappa shape index (κ3) is 5.17. The van der Waals surface area contributed by atoms with E-state index < -0.39 is 18.0 Å². The van der Waals surface area contributed by atoms with Crippen molar-refractivity contribution >= 4 is 40.8 Å². The molecule has 0 fully saturated rings. The Bertz CT molecular complexity index is 748. The van der Waals surface area contributed by atoms with Gasteiger partial charge in [-0.15, -0.1) is 11.3 Å². The zero-order chi connectivity index (χ0) is 17.5. The first kappa shape index (κ1) is 17.6. The number of hydrogen-bond donors (Lipinski definition) is 1. The summed E-state index contributed by atoms with van der Waals surface area (Å²) in [5.41, 5.74) is 1.09. The summed E-state index contributed by atoms with van der Waals surface area (Å²) in [4.78, 5) is 35.9. The molecule has 24 heavy (non-hydrogen) atoms. The molecule has 0 aliphatic heterocycles. The number of anilines is 1. The predicted molar refractivity (Wildman–Crippen MR) is 94.0 cm³/mol. The topological polar surface area (TPSA) is 72.5 Å². The van der Waals surface area contributed by atoms with Gasteiger partial charge < -0.3 is 10.1 Å². The Morgan fingerprint density at radius 1 is 1.17 bits per heavy atom. The van der Waals surface area contributed by atoms with Crippen LogP contribution >= 0.6 is 11.3 Å². The van der Waals surface area contributed by atoms with Gasteiger partial charge in [-0.1, -0.05) is 6.07 Å². The summed E-state index contributed by atoms with van der Waals surface area (Å²) in [6.45, 7) is 2.97. The summed E-state index contributed by atoms with van der Waals surface area (Å²) >= 11 is 1.50. The number of nitrogens with one attached hydrogen (secondary N) is 1. The Labute approximate surface area is 144 Å². The number of ether oxygens (including phenoxy) is 1. The van der Waals surface area contributed by atoms with Crippen LogP contribution in [0.1, 0.15) is 29.1 Å². The molecule has 1 aromatic carbocycles. The maximum atomic E-state index is 12.0. The van der Waals surface area contributed by atoms with Gasteiger partial charge in [-0.25, -0.2) is 4.79 Å². The molecule has 0 unspecified atom stereocenters. The Kier molecular flexibility index (Phi) is 6.03. The molecule has 5 nitrogen and oxygen atoms in total. The van der Waals surface area contributed by atoms with E-state index in [1.807, 2.05) is 17.5 Å². The number of Topliss-reactive ketones (excluding diaryl/α,β-unsaturated/α-hetero) is 1. The first-order valence-corrected chi connectivity index (χ1v) is 8.18. The number of ketones is 1. The van der Waals surface area contributed by atoms with Crippen molar-refractivity contribution in [2.45, 2.75) is 20.0 Å². The van der Waals surface area contributed by atoms with Crippen LogP contribution in [0.3, 0.4) is 0 Å². The number of hydrogen-bond acceptors (Lipinski definition) is 5. The minimum Gasteiger partial charge on any atom is -0.449 e. The number of carbonyl (C=O) groups excluding carboxylic acids is 3. The van der Waals surface area contributed by atoms with E-state index in [1.165, 1.54) is 31.3 Å². The molecule has 6 heteroatoms. The number of rotatable bonds is 6. The highest BCUT2D eigenvalue weighted by molar-refractivity contribution is 7.10. The summed E-state index contributed by atoms with van der Waals surface area (Å²) in [6.07, 6.45) is 1.99. The van der Waals surface area contributed by atoms with Crippen LogP contribution in [0.4, 0.5) is 5.69 Å². The molecule has 124 valence electrons. The lowest BCUT2D eigenvalue weighted by Gasteiger charge is -2.12. The minimum absolute atomic E-state index is 0.0484. The first-order valence-electron chi connectivity index (χ1n) is 7.30. The van der Waals surface area contributed by atoms with Gasteiger partial charge in [-0.3, -0.25) is 9.59 Å². The third-order valence-corrected chi connectivity index (χ3v) is 3.99. The monoisotopic (exact) mass is 343 g/mol. The maximum Gasteiger partial charge on any atom is 0.331 e. The van der Waals surface area contributed by atoms with E-state index in [4.69, 9.17) is 4.74 Å².